The fraction of sp³-hybridized carbons (Fsp3) is 0.0833. The van der Waals surface area contributed by atoms with Crippen molar-refractivity contribution in [2.45, 2.75) is 6.92 Å². The Morgan fingerprint density at radius 1 is 1.56 bits per heavy atom. The maximum absolute atomic E-state index is 10.7. The van der Waals surface area contributed by atoms with E-state index in [0.29, 0.717) is 5.57 Å². The zero-order valence-corrected chi connectivity index (χ0v) is 9.10. The molecular weight excluding hydrogens is 202 g/mol. The molecule has 1 amide bonds. The van der Waals surface area contributed by atoms with Crippen molar-refractivity contribution in [2.24, 2.45) is 10.7 Å². The second-order valence-corrected chi connectivity index (χ2v) is 3.23. The van der Waals surface area contributed by atoms with Gasteiger partial charge in [-0.15, -0.1) is 0 Å². The average molecular weight is 215 g/mol. The van der Waals surface area contributed by atoms with Crippen LogP contribution < -0.4 is 5.73 Å². The summed E-state index contributed by atoms with van der Waals surface area (Å²) in [5, 5.41) is 0. The Hall–Kier alpha value is -2.23. The Morgan fingerprint density at radius 2 is 2.25 bits per heavy atom. The first-order chi connectivity index (χ1) is 7.52. The van der Waals surface area contributed by atoms with E-state index in [1.165, 1.54) is 6.21 Å². The van der Waals surface area contributed by atoms with Crippen LogP contribution in [0.3, 0.4) is 0 Å². The van der Waals surface area contributed by atoms with Gasteiger partial charge in [0, 0.05) is 23.7 Å². The summed E-state index contributed by atoms with van der Waals surface area (Å²) < 4.78 is 0. The number of carbonyl (C=O) groups is 1. The van der Waals surface area contributed by atoms with Gasteiger partial charge in [0.2, 0.25) is 0 Å². The molecule has 1 rings (SSSR count). The molecule has 0 spiro atoms. The van der Waals surface area contributed by atoms with E-state index in [1.807, 2.05) is 19.1 Å². The molecule has 0 aliphatic heterocycles. The van der Waals surface area contributed by atoms with Crippen LogP contribution in [0.15, 0.2) is 42.2 Å². The molecule has 1 aromatic heterocycles. The van der Waals surface area contributed by atoms with Gasteiger partial charge in [-0.1, -0.05) is 19.2 Å². The molecule has 0 radical (unpaired) electrons. The minimum Gasteiger partial charge on any atom is -0.364 e. The minimum absolute atomic E-state index is 0.00249. The van der Waals surface area contributed by atoms with Crippen molar-refractivity contribution in [3.8, 4) is 0 Å². The van der Waals surface area contributed by atoms with E-state index in [2.05, 4.69) is 23.1 Å². The zero-order chi connectivity index (χ0) is 12.1. The molecule has 0 saturated heterocycles. The third kappa shape index (κ3) is 2.88. The SMILES string of the molecule is C=C(N=CC(=C)c1cccnc1C)C(N)=O. The van der Waals surface area contributed by atoms with E-state index in [1.54, 1.807) is 6.20 Å². The van der Waals surface area contributed by atoms with Crippen molar-refractivity contribution in [3.63, 3.8) is 0 Å². The Morgan fingerprint density at radius 3 is 2.81 bits per heavy atom. The number of aromatic nitrogens is 1. The van der Waals surface area contributed by atoms with Crippen LogP contribution in [-0.2, 0) is 4.79 Å². The monoisotopic (exact) mass is 215 g/mol. The lowest BCUT2D eigenvalue weighted by Crippen LogP contribution is -2.11. The number of allylic oxidation sites excluding steroid dienone is 1. The van der Waals surface area contributed by atoms with Gasteiger partial charge < -0.3 is 5.73 Å². The highest BCUT2D eigenvalue weighted by atomic mass is 16.1. The fourth-order valence-electron chi connectivity index (χ4n) is 1.11. The molecule has 4 nitrogen and oxygen atoms in total. The second-order valence-electron chi connectivity index (χ2n) is 3.23. The number of hydrogen-bond donors (Lipinski definition) is 1. The van der Waals surface area contributed by atoms with Crippen molar-refractivity contribution in [2.75, 3.05) is 0 Å². The third-order valence-corrected chi connectivity index (χ3v) is 2.01. The molecule has 4 heteroatoms. The predicted octanol–water partition coefficient (Wildman–Crippen LogP) is 1.47. The van der Waals surface area contributed by atoms with Crippen molar-refractivity contribution in [1.82, 2.24) is 4.98 Å². The van der Waals surface area contributed by atoms with Crippen LogP contribution in [0.25, 0.3) is 5.57 Å². The number of amides is 1. The van der Waals surface area contributed by atoms with Crippen molar-refractivity contribution < 1.29 is 4.79 Å². The van der Waals surface area contributed by atoms with E-state index in [0.717, 1.165) is 11.3 Å². The molecule has 0 fully saturated rings. The van der Waals surface area contributed by atoms with Crippen LogP contribution in [0.1, 0.15) is 11.3 Å². The van der Waals surface area contributed by atoms with Crippen molar-refractivity contribution in [1.29, 1.82) is 0 Å². The van der Waals surface area contributed by atoms with Crippen molar-refractivity contribution in [3.05, 3.63) is 48.4 Å². The molecule has 0 aliphatic rings. The van der Waals surface area contributed by atoms with Gasteiger partial charge >= 0.3 is 0 Å². The maximum Gasteiger partial charge on any atom is 0.266 e. The largest absolute Gasteiger partial charge is 0.364 e. The molecule has 0 atom stereocenters. The Balaban J connectivity index is 2.85. The minimum atomic E-state index is -0.646. The number of aryl methyl sites for hydroxylation is 1. The Labute approximate surface area is 94.2 Å². The van der Waals surface area contributed by atoms with Crippen LogP contribution in [0, 0.1) is 6.92 Å². The van der Waals surface area contributed by atoms with Crippen molar-refractivity contribution >= 4 is 17.7 Å². The summed E-state index contributed by atoms with van der Waals surface area (Å²) in [5.74, 6) is -0.646. The van der Waals surface area contributed by atoms with Gasteiger partial charge in [-0.3, -0.25) is 14.8 Å². The summed E-state index contributed by atoms with van der Waals surface area (Å²) in [5.41, 5.74) is 7.39. The van der Waals surface area contributed by atoms with E-state index in [-0.39, 0.29) is 5.70 Å². The number of carbonyl (C=O) groups excluding carboxylic acids is 1. The first-order valence-electron chi connectivity index (χ1n) is 4.66. The third-order valence-electron chi connectivity index (χ3n) is 2.01. The number of hydrogen-bond acceptors (Lipinski definition) is 3. The molecule has 0 aromatic carbocycles. The number of nitrogens with two attached hydrogens (primary N) is 1. The van der Waals surface area contributed by atoms with Gasteiger partial charge in [0.15, 0.2) is 0 Å². The standard InChI is InChI=1S/C12H13N3O/c1-8(7-15-10(3)12(13)16)11-5-4-6-14-9(11)2/h4-7H,1,3H2,2H3,(H2,13,16). The van der Waals surface area contributed by atoms with E-state index in [9.17, 15) is 4.79 Å². The molecule has 16 heavy (non-hydrogen) atoms. The zero-order valence-electron chi connectivity index (χ0n) is 9.10. The number of pyridine rings is 1. The van der Waals surface area contributed by atoms with Gasteiger partial charge in [-0.25, -0.2) is 0 Å². The summed E-state index contributed by atoms with van der Waals surface area (Å²) in [4.78, 5) is 18.6. The summed E-state index contributed by atoms with van der Waals surface area (Å²) in [6.45, 7) is 9.12. The Kier molecular flexibility index (Phi) is 3.72. The quantitative estimate of drug-likeness (QED) is 0.610. The molecule has 82 valence electrons. The molecule has 2 N–H and O–H groups in total. The van der Waals surface area contributed by atoms with Gasteiger partial charge in [-0.2, -0.15) is 0 Å². The van der Waals surface area contributed by atoms with E-state index >= 15 is 0 Å². The maximum atomic E-state index is 10.7. The molecule has 0 aliphatic carbocycles. The normalized spacial score (nSPS) is 10.3. The number of aliphatic imine (C=N–C) groups is 1. The predicted molar refractivity (Wildman–Crippen MR) is 64.8 cm³/mol. The highest BCUT2D eigenvalue weighted by Crippen LogP contribution is 2.13. The van der Waals surface area contributed by atoms with E-state index < -0.39 is 5.91 Å². The summed E-state index contributed by atoms with van der Waals surface area (Å²) in [6, 6.07) is 3.69. The van der Waals surface area contributed by atoms with Gasteiger partial charge in [-0.05, 0) is 18.6 Å². The highest BCUT2D eigenvalue weighted by Gasteiger charge is 2.01. The lowest BCUT2D eigenvalue weighted by Gasteiger charge is -2.02. The summed E-state index contributed by atoms with van der Waals surface area (Å²) in [7, 11) is 0. The first-order valence-corrected chi connectivity index (χ1v) is 4.66. The van der Waals surface area contributed by atoms with Crippen LogP contribution in [0.4, 0.5) is 0 Å². The fourth-order valence-corrected chi connectivity index (χ4v) is 1.11. The van der Waals surface area contributed by atoms with Crippen LogP contribution in [0.5, 0.6) is 0 Å². The van der Waals surface area contributed by atoms with Crippen LogP contribution in [0.2, 0.25) is 0 Å². The Bertz CT molecular complexity index is 475. The number of primary amides is 1. The lowest BCUT2D eigenvalue weighted by atomic mass is 10.1. The molecule has 1 aromatic rings. The molecule has 1 heterocycles. The van der Waals surface area contributed by atoms with E-state index in [4.69, 9.17) is 5.73 Å². The second kappa shape index (κ2) is 5.02. The molecule has 0 bridgehead atoms. The smallest absolute Gasteiger partial charge is 0.266 e. The number of nitrogens with zero attached hydrogens (tertiary/aromatic N) is 2. The van der Waals surface area contributed by atoms with Gasteiger partial charge in [0.05, 0.1) is 0 Å². The van der Waals surface area contributed by atoms with Crippen LogP contribution >= 0.6 is 0 Å². The van der Waals surface area contributed by atoms with Crippen LogP contribution in [-0.4, -0.2) is 17.1 Å². The average Bonchev–Trinajstić information content (AvgIpc) is 2.25. The summed E-state index contributed by atoms with van der Waals surface area (Å²) in [6.07, 6.45) is 3.16. The molecule has 0 saturated carbocycles. The lowest BCUT2D eigenvalue weighted by molar-refractivity contribution is -0.114. The molecule has 0 unspecified atom stereocenters. The van der Waals surface area contributed by atoms with Gasteiger partial charge in [0.1, 0.15) is 5.70 Å². The highest BCUT2D eigenvalue weighted by molar-refractivity contribution is 6.10. The van der Waals surface area contributed by atoms with Gasteiger partial charge in [0.25, 0.3) is 5.91 Å². The summed E-state index contributed by atoms with van der Waals surface area (Å²) >= 11 is 0. The topological polar surface area (TPSA) is 68.3 Å². The molecular formula is C12H13N3O. The number of rotatable bonds is 4. The first kappa shape index (κ1) is 11.8.